The van der Waals surface area contributed by atoms with E-state index in [9.17, 15) is 18.8 Å². The zero-order valence-electron chi connectivity index (χ0n) is 26.8. The fourth-order valence-electron chi connectivity index (χ4n) is 6.56. The molecule has 1 N–H and O–H groups in total. The maximum absolute atomic E-state index is 14.2. The summed E-state index contributed by atoms with van der Waals surface area (Å²) >= 11 is 0. The van der Waals surface area contributed by atoms with Crippen LogP contribution in [0.25, 0.3) is 17.1 Å². The summed E-state index contributed by atoms with van der Waals surface area (Å²) in [4.78, 5) is 50.7. The molecule has 2 aromatic rings. The Hall–Kier alpha value is -4.46. The zero-order chi connectivity index (χ0) is 33.2. The molecule has 1 saturated heterocycles. The van der Waals surface area contributed by atoms with Gasteiger partial charge in [-0.1, -0.05) is 45.3 Å². The van der Waals surface area contributed by atoms with Gasteiger partial charge in [0.15, 0.2) is 0 Å². The van der Waals surface area contributed by atoms with E-state index in [2.05, 4.69) is 40.3 Å². The Bertz CT molecular complexity index is 1590. The third kappa shape index (κ3) is 6.86. The van der Waals surface area contributed by atoms with Gasteiger partial charge in [0.25, 0.3) is 0 Å². The van der Waals surface area contributed by atoms with Crippen molar-refractivity contribution in [1.29, 1.82) is 0 Å². The van der Waals surface area contributed by atoms with E-state index in [-0.39, 0.29) is 48.2 Å². The van der Waals surface area contributed by atoms with Gasteiger partial charge in [-0.3, -0.25) is 4.79 Å². The number of halogens is 1. The number of hydrogen-bond donors (Lipinski definition) is 1. The summed E-state index contributed by atoms with van der Waals surface area (Å²) in [6.07, 6.45) is 5.14. The molecule has 2 heterocycles. The molecule has 2 fully saturated rings. The minimum Gasteiger partial charge on any atom is -0.471 e. The standard InChI is InChI=1S/C35H41FN4O6/c1-7-9-10-11-24-23-14-12-20(23)16-29(24)46-34(43)39-30(35(3,4)5)32(41)40-19-22(18-28(40)33(42)44-6)45-31-25(8-2)37-26-15-13-21(36)17-27(26)38-31/h7-8,13,15,17,20,22-24,28-30H,1-2,9-11,16,18-19H2,3-6H3,(H,39,43)/t20-,22+,23-,24+,28-,29+,30+/m0/s1. The summed E-state index contributed by atoms with van der Waals surface area (Å²) in [5.41, 5.74) is 0.354. The largest absolute Gasteiger partial charge is 0.471 e. The minimum atomic E-state index is -1.02. The van der Waals surface area contributed by atoms with Crippen LogP contribution < -0.4 is 10.1 Å². The lowest BCUT2D eigenvalue weighted by atomic mass is 9.81. The zero-order valence-corrected chi connectivity index (χ0v) is 26.8. The van der Waals surface area contributed by atoms with Crippen molar-refractivity contribution < 1.29 is 33.0 Å². The molecule has 10 nitrogen and oxygen atoms in total. The molecule has 0 unspecified atom stereocenters. The molecule has 7 atom stereocenters. The maximum Gasteiger partial charge on any atom is 0.408 e. The third-order valence-corrected chi connectivity index (χ3v) is 8.98. The van der Waals surface area contributed by atoms with Gasteiger partial charge < -0.3 is 24.4 Å². The van der Waals surface area contributed by atoms with Crippen molar-refractivity contribution >= 4 is 35.1 Å². The number of rotatable bonds is 11. The number of nitrogens with one attached hydrogen (secondary N) is 1. The van der Waals surface area contributed by atoms with Crippen LogP contribution in [0.15, 0.2) is 37.4 Å². The smallest absolute Gasteiger partial charge is 0.408 e. The molecule has 46 heavy (non-hydrogen) atoms. The predicted molar refractivity (Wildman–Crippen MR) is 170 cm³/mol. The van der Waals surface area contributed by atoms with Crippen LogP contribution in [-0.4, -0.2) is 70.8 Å². The van der Waals surface area contributed by atoms with Crippen LogP contribution in [0.4, 0.5) is 9.18 Å². The van der Waals surface area contributed by atoms with Gasteiger partial charge in [0.05, 0.1) is 24.7 Å². The van der Waals surface area contributed by atoms with Gasteiger partial charge >= 0.3 is 12.1 Å². The van der Waals surface area contributed by atoms with E-state index in [1.54, 1.807) is 0 Å². The number of carbonyl (C=O) groups excluding carboxylic acids is 3. The molecule has 3 aliphatic rings. The number of benzene rings is 1. The van der Waals surface area contributed by atoms with Crippen LogP contribution in [0.5, 0.6) is 5.88 Å². The highest BCUT2D eigenvalue weighted by molar-refractivity contribution is 5.91. The van der Waals surface area contributed by atoms with Crippen LogP contribution in [0.1, 0.15) is 58.6 Å². The van der Waals surface area contributed by atoms with E-state index >= 15 is 0 Å². The van der Waals surface area contributed by atoms with Crippen molar-refractivity contribution in [1.82, 2.24) is 20.2 Å². The highest BCUT2D eigenvalue weighted by Crippen LogP contribution is 2.45. The van der Waals surface area contributed by atoms with Crippen molar-refractivity contribution in [2.45, 2.75) is 77.2 Å². The number of nitrogens with zero attached hydrogens (tertiary/aromatic N) is 3. The first-order chi connectivity index (χ1) is 21.9. The predicted octanol–water partition coefficient (Wildman–Crippen LogP) is 5.07. The molecule has 244 valence electrons. The van der Waals surface area contributed by atoms with E-state index < -0.39 is 47.4 Å². The van der Waals surface area contributed by atoms with Crippen LogP contribution in [0, 0.1) is 40.8 Å². The fourth-order valence-corrected chi connectivity index (χ4v) is 6.56. The summed E-state index contributed by atoms with van der Waals surface area (Å²) in [5.74, 6) is 5.53. The summed E-state index contributed by atoms with van der Waals surface area (Å²) in [6.45, 7) is 13.1. The number of ether oxygens (including phenoxy) is 3. The van der Waals surface area contributed by atoms with Gasteiger partial charge in [-0.25, -0.2) is 23.9 Å². The van der Waals surface area contributed by atoms with E-state index in [1.807, 2.05) is 26.8 Å². The molecule has 1 saturated carbocycles. The second kappa shape index (κ2) is 13.5. The van der Waals surface area contributed by atoms with Crippen molar-refractivity contribution in [3.63, 3.8) is 0 Å². The molecule has 2 amide bonds. The lowest BCUT2D eigenvalue weighted by Gasteiger charge is -2.35. The number of alkyl carbamates (subject to hydrolysis) is 1. The molecule has 1 aliphatic heterocycles. The van der Waals surface area contributed by atoms with Gasteiger partial charge in [0, 0.05) is 30.2 Å². The number of likely N-dealkylation sites (tertiary alicyclic amines) is 1. The number of fused-ring (bicyclic) bond motifs is 2. The Morgan fingerprint density at radius 2 is 1.96 bits per heavy atom. The van der Waals surface area contributed by atoms with E-state index in [0.29, 0.717) is 17.6 Å². The molecule has 2 aliphatic carbocycles. The van der Waals surface area contributed by atoms with E-state index in [0.717, 1.165) is 19.3 Å². The first-order valence-corrected chi connectivity index (χ1v) is 15.7. The minimum absolute atomic E-state index is 0.00998. The molecule has 0 bridgehead atoms. The number of aromatic nitrogens is 2. The molecule has 1 aromatic carbocycles. The van der Waals surface area contributed by atoms with Crippen LogP contribution in [-0.2, 0) is 19.1 Å². The Kier molecular flexibility index (Phi) is 9.66. The van der Waals surface area contributed by atoms with Crippen molar-refractivity contribution in [3.8, 4) is 17.7 Å². The highest BCUT2D eigenvalue weighted by atomic mass is 19.1. The second-order valence-corrected chi connectivity index (χ2v) is 13.2. The summed E-state index contributed by atoms with van der Waals surface area (Å²) < 4.78 is 31.0. The number of hydrogen-bond acceptors (Lipinski definition) is 8. The lowest BCUT2D eigenvalue weighted by Crippen LogP contribution is -2.57. The lowest BCUT2D eigenvalue weighted by molar-refractivity contribution is -0.152. The second-order valence-electron chi connectivity index (χ2n) is 13.2. The van der Waals surface area contributed by atoms with Crippen LogP contribution >= 0.6 is 0 Å². The van der Waals surface area contributed by atoms with E-state index in [1.165, 1.54) is 36.3 Å². The molecule has 0 radical (unpaired) electrons. The van der Waals surface area contributed by atoms with Gasteiger partial charge in [0.1, 0.15) is 35.8 Å². The van der Waals surface area contributed by atoms with Gasteiger partial charge in [-0.15, -0.1) is 6.58 Å². The summed E-state index contributed by atoms with van der Waals surface area (Å²) in [5, 5.41) is 2.81. The molecule has 1 aromatic heterocycles. The number of carbonyl (C=O) groups is 3. The fraction of sp³-hybridized carbons (Fsp3) is 0.514. The summed E-state index contributed by atoms with van der Waals surface area (Å²) in [7, 11) is 1.25. The topological polar surface area (TPSA) is 120 Å². The Morgan fingerprint density at radius 3 is 2.61 bits per heavy atom. The Morgan fingerprint density at radius 1 is 1.17 bits per heavy atom. The number of unbranched alkanes of at least 4 members (excludes halogenated alkanes) is 1. The van der Waals surface area contributed by atoms with Crippen LogP contribution in [0.3, 0.4) is 0 Å². The van der Waals surface area contributed by atoms with Crippen molar-refractivity contribution in [3.05, 3.63) is 48.9 Å². The first kappa shape index (κ1) is 32.9. The van der Waals surface area contributed by atoms with E-state index in [4.69, 9.17) is 14.2 Å². The van der Waals surface area contributed by atoms with Gasteiger partial charge in [0.2, 0.25) is 11.8 Å². The highest BCUT2D eigenvalue weighted by Gasteiger charge is 2.49. The Balaban J connectivity index is 1.32. The number of allylic oxidation sites excluding steroid dienone is 1. The van der Waals surface area contributed by atoms with Crippen molar-refractivity contribution in [2.75, 3.05) is 13.7 Å². The Labute approximate surface area is 268 Å². The molecule has 0 spiro atoms. The number of amides is 2. The number of methoxy groups -OCH3 is 1. The monoisotopic (exact) mass is 632 g/mol. The molecular weight excluding hydrogens is 591 g/mol. The molecular formula is C35H41FN4O6. The maximum atomic E-state index is 14.2. The normalized spacial score (nSPS) is 25.4. The average molecular weight is 633 g/mol. The summed E-state index contributed by atoms with van der Waals surface area (Å²) in [6, 6.07) is 2.05. The van der Waals surface area contributed by atoms with Crippen LogP contribution in [0.2, 0.25) is 0 Å². The first-order valence-electron chi connectivity index (χ1n) is 15.7. The third-order valence-electron chi connectivity index (χ3n) is 8.98. The molecule has 11 heteroatoms. The number of esters is 1. The molecule has 5 rings (SSSR count). The quantitative estimate of drug-likeness (QED) is 0.158. The average Bonchev–Trinajstić information content (AvgIpc) is 3.52. The van der Waals surface area contributed by atoms with Gasteiger partial charge in [-0.2, -0.15) is 0 Å². The SMILES string of the molecule is C=CCCC[C@@H]1[C@H]2C#C[C@H]2C[C@H]1OC(=O)N[C@H](C(=O)N1C[C@H](Oc2nc3cc(F)ccc3nc2C=C)C[C@H]1C(=O)OC)C(C)(C)C. The van der Waals surface area contributed by atoms with Gasteiger partial charge in [-0.05, 0) is 49.3 Å². The van der Waals surface area contributed by atoms with Crippen molar-refractivity contribution in [2.24, 2.45) is 23.2 Å².